The first-order chi connectivity index (χ1) is 22.3. The van der Waals surface area contributed by atoms with E-state index in [0.717, 1.165) is 30.3 Å². The topological polar surface area (TPSA) is 349 Å². The first kappa shape index (κ1) is 38.7. The van der Waals surface area contributed by atoms with Crippen molar-refractivity contribution in [1.82, 2.24) is 4.98 Å². The lowest BCUT2D eigenvalue weighted by molar-refractivity contribution is -0.434. The Balaban J connectivity index is 1.83. The zero-order valence-corrected chi connectivity index (χ0v) is 27.7. The molecule has 0 fully saturated rings. The third-order valence-electron chi connectivity index (χ3n) is 5.47. The van der Waals surface area contributed by atoms with Crippen LogP contribution in [-0.4, -0.2) is 77.7 Å². The van der Waals surface area contributed by atoms with E-state index >= 15 is 0 Å². The van der Waals surface area contributed by atoms with E-state index in [1.54, 1.807) is 0 Å². The van der Waals surface area contributed by atoms with Gasteiger partial charge in [-0.15, -0.1) is 19.7 Å². The fourth-order valence-corrected chi connectivity index (χ4v) is 6.94. The van der Waals surface area contributed by atoms with Crippen molar-refractivity contribution in [2.75, 3.05) is 36.2 Å². The van der Waals surface area contributed by atoms with Crippen molar-refractivity contribution in [3.8, 4) is 0 Å². The molecule has 22 nitrogen and oxygen atoms in total. The van der Waals surface area contributed by atoms with Gasteiger partial charge in [0.2, 0.25) is 0 Å². The summed E-state index contributed by atoms with van der Waals surface area (Å²) in [5, 5.41) is 26.7. The summed E-state index contributed by atoms with van der Waals surface area (Å²) in [7, 11) is -18.0. The Kier molecular flexibility index (Phi) is 13.0. The molecular formula is C21H23N7O15S5. The number of sulfone groups is 2. The largest absolute Gasteiger partial charge is 0.397 e. The van der Waals surface area contributed by atoms with Crippen molar-refractivity contribution in [3.05, 3.63) is 48.5 Å². The zero-order chi connectivity index (χ0) is 35.8. The minimum atomic E-state index is -5.04. The first-order valence-electron chi connectivity index (χ1n) is 12.3. The van der Waals surface area contributed by atoms with Gasteiger partial charge in [0, 0.05) is 6.07 Å². The number of rotatable bonds is 17. The standard InChI is InChI=1S/C21H23N7O15S5/c22-20-17(27-25-13-1-3-14(4-2-13)45(30,31)10-8-41-48(37,38)39)12-18(21(23)24-20)28-26-16-6-5-15(11-19(16)47(34,35)36)46(32,33)9-7-40-44-43-42-29/h1-6,11-12,29H,7-10H2,(H4,22,23,24)(H,34,35,36)(H,37,38,39). The quantitative estimate of drug-likeness (QED) is 0.0328. The molecule has 0 atom stereocenters. The van der Waals surface area contributed by atoms with Crippen LogP contribution in [0.3, 0.4) is 0 Å². The summed E-state index contributed by atoms with van der Waals surface area (Å²) in [5.41, 5.74) is 11.0. The number of nitrogen functional groups attached to an aromatic ring is 2. The number of hydrogen-bond acceptors (Lipinski definition) is 21. The Hall–Kier alpha value is -3.74. The highest BCUT2D eigenvalue weighted by Crippen LogP contribution is 2.34. The number of anilines is 2. The number of nitrogens with zero attached hydrogens (tertiary/aromatic N) is 5. The van der Waals surface area contributed by atoms with Crippen LogP contribution in [0.1, 0.15) is 0 Å². The van der Waals surface area contributed by atoms with E-state index < -0.39 is 80.4 Å². The summed E-state index contributed by atoms with van der Waals surface area (Å²) in [5.74, 6) is -1.92. The summed E-state index contributed by atoms with van der Waals surface area (Å²) in [6, 6.07) is 8.58. The van der Waals surface area contributed by atoms with Crippen LogP contribution in [0.5, 0.6) is 0 Å². The molecule has 3 aromatic rings. The van der Waals surface area contributed by atoms with Crippen LogP contribution in [-0.2, 0) is 57.9 Å². The van der Waals surface area contributed by atoms with Crippen LogP contribution in [0.25, 0.3) is 0 Å². The predicted molar refractivity (Wildman–Crippen MR) is 164 cm³/mol. The third-order valence-corrected chi connectivity index (χ3v) is 10.6. The van der Waals surface area contributed by atoms with E-state index in [1.807, 2.05) is 0 Å². The number of nitrogens with two attached hydrogens (primary N) is 2. The first-order valence-corrected chi connectivity index (χ1v) is 19.0. The molecule has 7 N–H and O–H groups in total. The van der Waals surface area contributed by atoms with E-state index in [4.69, 9.17) is 21.3 Å². The van der Waals surface area contributed by atoms with Crippen LogP contribution < -0.4 is 11.5 Å². The van der Waals surface area contributed by atoms with Crippen LogP contribution in [0.15, 0.2) is 83.7 Å². The second-order valence-electron chi connectivity index (χ2n) is 8.72. The smallest absolute Gasteiger partial charge is 0.382 e. The van der Waals surface area contributed by atoms with E-state index in [2.05, 4.69) is 43.2 Å². The molecule has 0 aliphatic carbocycles. The molecule has 0 spiro atoms. The van der Waals surface area contributed by atoms with Crippen molar-refractivity contribution in [2.45, 2.75) is 14.7 Å². The summed E-state index contributed by atoms with van der Waals surface area (Å²) in [4.78, 5) is 2.21. The van der Waals surface area contributed by atoms with Gasteiger partial charge < -0.3 is 11.5 Å². The second kappa shape index (κ2) is 16.1. The molecule has 48 heavy (non-hydrogen) atoms. The molecule has 0 saturated carbocycles. The number of aromatic nitrogens is 1. The number of azo groups is 2. The molecule has 1 aromatic heterocycles. The maximum atomic E-state index is 12.6. The predicted octanol–water partition coefficient (Wildman–Crippen LogP) is 2.69. The van der Waals surface area contributed by atoms with Crippen LogP contribution >= 0.6 is 12.3 Å². The monoisotopic (exact) mass is 773 g/mol. The second-order valence-corrected chi connectivity index (χ2v) is 15.9. The average Bonchev–Trinajstić information content (AvgIpc) is 2.99. The van der Waals surface area contributed by atoms with Gasteiger partial charge in [-0.2, -0.15) is 21.9 Å². The maximum absolute atomic E-state index is 12.6. The Morgan fingerprint density at radius 3 is 1.83 bits per heavy atom. The minimum absolute atomic E-state index is 0.106. The lowest BCUT2D eigenvalue weighted by Gasteiger charge is -2.08. The molecule has 27 heteroatoms. The fourth-order valence-electron chi connectivity index (χ4n) is 3.29. The summed E-state index contributed by atoms with van der Waals surface area (Å²) in [6.07, 6.45) is 0. The highest BCUT2D eigenvalue weighted by molar-refractivity contribution is 7.92. The zero-order valence-electron chi connectivity index (χ0n) is 23.6. The van der Waals surface area contributed by atoms with Crippen LogP contribution in [0.2, 0.25) is 0 Å². The SMILES string of the molecule is Nc1nc(N)c(N=Nc2ccc(S(=O)(=O)CCOSOOO)cc2S(=O)(=O)O)cc1N=Nc1ccc(S(=O)(=O)CCOS(=O)(=O)O)cc1. The Morgan fingerprint density at radius 2 is 1.25 bits per heavy atom. The van der Waals surface area contributed by atoms with Crippen LogP contribution in [0, 0.1) is 0 Å². The molecular weight excluding hydrogens is 751 g/mol. The molecule has 0 bridgehead atoms. The van der Waals surface area contributed by atoms with Gasteiger partial charge >= 0.3 is 10.4 Å². The Bertz CT molecular complexity index is 2130. The lowest BCUT2D eigenvalue weighted by Crippen LogP contribution is -2.15. The summed E-state index contributed by atoms with van der Waals surface area (Å²) in [6.45, 7) is -1.28. The molecule has 0 aliphatic rings. The van der Waals surface area contributed by atoms with Gasteiger partial charge in [-0.05, 0) is 42.5 Å². The molecule has 0 unspecified atom stereocenters. The molecule has 2 aromatic carbocycles. The van der Waals surface area contributed by atoms with Crippen molar-refractivity contribution in [1.29, 1.82) is 0 Å². The number of benzene rings is 2. The van der Waals surface area contributed by atoms with E-state index in [0.29, 0.717) is 6.07 Å². The molecule has 3 rings (SSSR count). The highest BCUT2D eigenvalue weighted by atomic mass is 32.3. The van der Waals surface area contributed by atoms with Crippen molar-refractivity contribution >= 4 is 86.9 Å². The van der Waals surface area contributed by atoms with Gasteiger partial charge in [-0.25, -0.2) is 31.3 Å². The third kappa shape index (κ3) is 11.5. The number of pyridine rings is 1. The summed E-state index contributed by atoms with van der Waals surface area (Å²) >= 11 is 0.133. The highest BCUT2D eigenvalue weighted by Gasteiger charge is 2.23. The molecule has 0 amide bonds. The van der Waals surface area contributed by atoms with Crippen molar-refractivity contribution in [3.63, 3.8) is 0 Å². The molecule has 1 heterocycles. The van der Waals surface area contributed by atoms with Gasteiger partial charge in [0.25, 0.3) is 10.1 Å². The Labute approximate surface area is 276 Å². The average molecular weight is 774 g/mol. The van der Waals surface area contributed by atoms with Gasteiger partial charge in [0.15, 0.2) is 43.6 Å². The van der Waals surface area contributed by atoms with Gasteiger partial charge in [-0.3, -0.25) is 13.3 Å². The van der Waals surface area contributed by atoms with E-state index in [9.17, 15) is 38.2 Å². The Morgan fingerprint density at radius 1 is 0.708 bits per heavy atom. The van der Waals surface area contributed by atoms with Crippen molar-refractivity contribution < 1.29 is 65.8 Å². The van der Waals surface area contributed by atoms with Gasteiger partial charge in [0.1, 0.15) is 22.0 Å². The lowest BCUT2D eigenvalue weighted by atomic mass is 10.3. The molecule has 0 aliphatic heterocycles. The normalized spacial score (nSPS) is 13.1. The molecule has 0 saturated heterocycles. The van der Waals surface area contributed by atoms with Crippen molar-refractivity contribution in [2.24, 2.45) is 20.5 Å². The van der Waals surface area contributed by atoms with Gasteiger partial charge in [-0.1, -0.05) is 5.04 Å². The van der Waals surface area contributed by atoms with Crippen LogP contribution in [0.4, 0.5) is 34.4 Å². The number of hydrogen-bond donors (Lipinski definition) is 5. The summed E-state index contributed by atoms with van der Waals surface area (Å²) < 4.78 is 126. The minimum Gasteiger partial charge on any atom is -0.382 e. The van der Waals surface area contributed by atoms with E-state index in [-0.39, 0.29) is 45.9 Å². The fraction of sp³-hybridized carbons (Fsp3) is 0.190. The van der Waals surface area contributed by atoms with E-state index in [1.165, 1.54) is 12.1 Å². The molecule has 0 radical (unpaired) electrons. The maximum Gasteiger partial charge on any atom is 0.397 e. The molecule has 262 valence electrons. The van der Waals surface area contributed by atoms with Gasteiger partial charge in [0.05, 0.1) is 40.2 Å².